The van der Waals surface area contributed by atoms with E-state index in [0.717, 1.165) is 10.7 Å². The Morgan fingerprint density at radius 3 is 2.41 bits per heavy atom. The lowest BCUT2D eigenvalue weighted by atomic mass is 10.0. The van der Waals surface area contributed by atoms with E-state index >= 15 is 0 Å². The number of carbonyl (C=O) groups is 2. The van der Waals surface area contributed by atoms with E-state index in [2.05, 4.69) is 20.7 Å². The van der Waals surface area contributed by atoms with Gasteiger partial charge in [-0.3, -0.25) is 9.78 Å². The van der Waals surface area contributed by atoms with Crippen LogP contribution < -0.4 is 10.6 Å². The Kier molecular flexibility index (Phi) is 8.47. The molecule has 37 heavy (non-hydrogen) atoms. The van der Waals surface area contributed by atoms with Crippen molar-refractivity contribution in [1.29, 1.82) is 0 Å². The van der Waals surface area contributed by atoms with E-state index < -0.39 is 35.4 Å². The minimum absolute atomic E-state index is 0.136. The van der Waals surface area contributed by atoms with Crippen molar-refractivity contribution in [3.63, 3.8) is 0 Å². The molecule has 0 aliphatic carbocycles. The Labute approximate surface area is 217 Å². The highest BCUT2D eigenvalue weighted by Crippen LogP contribution is 2.30. The van der Waals surface area contributed by atoms with Gasteiger partial charge in [-0.1, -0.05) is 23.7 Å². The third-order valence-corrected chi connectivity index (χ3v) is 5.36. The lowest BCUT2D eigenvalue weighted by Gasteiger charge is -2.19. The molecule has 1 atom stereocenters. The Morgan fingerprint density at radius 1 is 1.08 bits per heavy atom. The summed E-state index contributed by atoms with van der Waals surface area (Å²) in [7, 11) is 0. The molecule has 12 heteroatoms. The Bertz CT molecular complexity index is 1250. The van der Waals surface area contributed by atoms with Crippen molar-refractivity contribution < 1.29 is 27.5 Å². The number of nitrogens with one attached hydrogen (secondary N) is 2. The number of hydrogen-bond donors (Lipinski definition) is 2. The van der Waals surface area contributed by atoms with Crippen LogP contribution in [0.2, 0.25) is 5.02 Å². The topological polar surface area (TPSA) is 98.1 Å². The second-order valence-corrected chi connectivity index (χ2v) is 9.72. The molecule has 0 bridgehead atoms. The fourth-order valence-electron chi connectivity index (χ4n) is 3.27. The zero-order chi connectivity index (χ0) is 27.4. The number of ether oxygens (including phenoxy) is 1. The molecule has 1 aromatic carbocycles. The highest BCUT2D eigenvalue weighted by Gasteiger charge is 2.35. The first-order valence-corrected chi connectivity index (χ1v) is 11.7. The van der Waals surface area contributed by atoms with E-state index in [4.69, 9.17) is 16.3 Å². The lowest BCUT2D eigenvalue weighted by Crippen LogP contribution is -2.32. The summed E-state index contributed by atoms with van der Waals surface area (Å²) in [6.07, 6.45) is -3.72. The molecular weight excluding hydrogens is 511 g/mol. The molecule has 0 radical (unpaired) electrons. The van der Waals surface area contributed by atoms with Crippen molar-refractivity contribution >= 4 is 23.6 Å². The van der Waals surface area contributed by atoms with Gasteiger partial charge in [-0.25, -0.2) is 9.48 Å². The summed E-state index contributed by atoms with van der Waals surface area (Å²) in [5, 5.41) is 9.26. The summed E-state index contributed by atoms with van der Waals surface area (Å²) in [6, 6.07) is 10.5. The zero-order valence-electron chi connectivity index (χ0n) is 20.7. The molecule has 0 aliphatic rings. The van der Waals surface area contributed by atoms with Crippen LogP contribution in [0.25, 0.3) is 5.69 Å². The number of carbonyl (C=O) groups excluding carboxylic acids is 2. The molecule has 198 valence electrons. The summed E-state index contributed by atoms with van der Waals surface area (Å²) < 4.78 is 46.2. The maximum atomic E-state index is 13.3. The van der Waals surface area contributed by atoms with Gasteiger partial charge in [0.05, 0.1) is 36.1 Å². The third kappa shape index (κ3) is 7.94. The van der Waals surface area contributed by atoms with Gasteiger partial charge in [0.1, 0.15) is 5.60 Å². The van der Waals surface area contributed by atoms with Crippen molar-refractivity contribution in [3.8, 4) is 5.69 Å². The van der Waals surface area contributed by atoms with Crippen molar-refractivity contribution in [2.24, 2.45) is 0 Å². The SMILES string of the molecule is CC(C(=O)NCc1cc(C(F)(F)F)nn1-c1cccc(Cl)c1)c1ccc(CNC(=O)OC(C)(C)C)nc1. The highest BCUT2D eigenvalue weighted by molar-refractivity contribution is 6.30. The van der Waals surface area contributed by atoms with Gasteiger partial charge in [-0.05, 0) is 63.6 Å². The lowest BCUT2D eigenvalue weighted by molar-refractivity contribution is -0.141. The number of benzene rings is 1. The number of alkyl carbamates (subject to hydrolysis) is 1. The fourth-order valence-corrected chi connectivity index (χ4v) is 3.46. The number of aromatic nitrogens is 3. The first-order valence-electron chi connectivity index (χ1n) is 11.3. The van der Waals surface area contributed by atoms with Crippen LogP contribution in [-0.4, -0.2) is 32.4 Å². The summed E-state index contributed by atoms with van der Waals surface area (Å²) in [5.41, 5.74) is -0.0729. The zero-order valence-corrected chi connectivity index (χ0v) is 21.4. The molecule has 3 aromatic rings. The molecule has 0 fully saturated rings. The van der Waals surface area contributed by atoms with E-state index in [0.29, 0.717) is 22.0 Å². The van der Waals surface area contributed by atoms with Gasteiger partial charge in [0.25, 0.3) is 0 Å². The second-order valence-electron chi connectivity index (χ2n) is 9.29. The van der Waals surface area contributed by atoms with Crippen LogP contribution in [0.1, 0.15) is 56.3 Å². The highest BCUT2D eigenvalue weighted by atomic mass is 35.5. The number of pyridine rings is 1. The second kappa shape index (κ2) is 11.2. The maximum absolute atomic E-state index is 13.3. The predicted octanol–water partition coefficient (Wildman–Crippen LogP) is 5.38. The number of nitrogens with zero attached hydrogens (tertiary/aromatic N) is 3. The van der Waals surface area contributed by atoms with Crippen LogP contribution in [0.3, 0.4) is 0 Å². The quantitative estimate of drug-likeness (QED) is 0.421. The van der Waals surface area contributed by atoms with Crippen molar-refractivity contribution in [2.45, 2.75) is 58.5 Å². The van der Waals surface area contributed by atoms with Crippen molar-refractivity contribution in [1.82, 2.24) is 25.4 Å². The molecule has 2 aromatic heterocycles. The van der Waals surface area contributed by atoms with Gasteiger partial charge in [0, 0.05) is 11.2 Å². The van der Waals surface area contributed by atoms with Gasteiger partial charge in [0.2, 0.25) is 5.91 Å². The summed E-state index contributed by atoms with van der Waals surface area (Å²) in [6.45, 7) is 6.88. The average Bonchev–Trinajstić information content (AvgIpc) is 3.25. The maximum Gasteiger partial charge on any atom is 0.435 e. The van der Waals surface area contributed by atoms with Crippen LogP contribution in [0.5, 0.6) is 0 Å². The minimum atomic E-state index is -4.65. The molecule has 8 nitrogen and oxygen atoms in total. The first-order chi connectivity index (χ1) is 17.2. The Morgan fingerprint density at radius 2 is 1.81 bits per heavy atom. The Balaban J connectivity index is 1.65. The molecule has 3 rings (SSSR count). The van der Waals surface area contributed by atoms with Crippen LogP contribution >= 0.6 is 11.6 Å². The smallest absolute Gasteiger partial charge is 0.435 e. The summed E-state index contributed by atoms with van der Waals surface area (Å²) in [4.78, 5) is 28.8. The van der Waals surface area contributed by atoms with E-state index in [-0.39, 0.29) is 18.8 Å². The van der Waals surface area contributed by atoms with Gasteiger partial charge < -0.3 is 15.4 Å². The first kappa shape index (κ1) is 28.0. The van der Waals surface area contributed by atoms with Gasteiger partial charge in [0.15, 0.2) is 5.69 Å². The molecule has 0 aliphatic heterocycles. The summed E-state index contributed by atoms with van der Waals surface area (Å²) in [5.74, 6) is -1.04. The molecular formula is C25H27ClF3N5O3. The van der Waals surface area contributed by atoms with Crippen molar-refractivity contribution in [3.05, 3.63) is 76.3 Å². The fraction of sp³-hybridized carbons (Fsp3) is 0.360. The summed E-state index contributed by atoms with van der Waals surface area (Å²) >= 11 is 5.99. The van der Waals surface area contributed by atoms with Crippen LogP contribution in [-0.2, 0) is 28.8 Å². The molecule has 2 heterocycles. The molecule has 2 amide bonds. The number of rotatable bonds is 7. The molecule has 0 saturated heterocycles. The van der Waals surface area contributed by atoms with E-state index in [1.807, 2.05) is 0 Å². The molecule has 1 unspecified atom stereocenters. The largest absolute Gasteiger partial charge is 0.444 e. The standard InChI is InChI=1S/C25H27ClF3N5O3/c1-15(16-8-9-18(30-12-16)13-32-23(36)37-24(2,3)4)22(35)31-14-20-11-21(25(27,28)29)33-34(20)19-7-5-6-17(26)10-19/h5-12,15H,13-14H2,1-4H3,(H,31,35)(H,32,36). The molecule has 0 spiro atoms. The van der Waals surface area contributed by atoms with Gasteiger partial charge in [-0.2, -0.15) is 18.3 Å². The number of amides is 2. The third-order valence-electron chi connectivity index (χ3n) is 5.12. The average molecular weight is 538 g/mol. The van der Waals surface area contributed by atoms with E-state index in [1.165, 1.54) is 12.3 Å². The van der Waals surface area contributed by atoms with Crippen LogP contribution in [0.4, 0.5) is 18.0 Å². The number of alkyl halides is 3. The minimum Gasteiger partial charge on any atom is -0.444 e. The van der Waals surface area contributed by atoms with Gasteiger partial charge in [-0.15, -0.1) is 0 Å². The number of hydrogen-bond acceptors (Lipinski definition) is 5. The normalized spacial score (nSPS) is 12.6. The van der Waals surface area contributed by atoms with Crippen LogP contribution in [0, 0.1) is 0 Å². The van der Waals surface area contributed by atoms with Crippen LogP contribution in [0.15, 0.2) is 48.7 Å². The van der Waals surface area contributed by atoms with Crippen molar-refractivity contribution in [2.75, 3.05) is 0 Å². The number of halogens is 4. The molecule has 0 saturated carbocycles. The monoisotopic (exact) mass is 537 g/mol. The molecule has 2 N–H and O–H groups in total. The van der Waals surface area contributed by atoms with Gasteiger partial charge >= 0.3 is 12.3 Å². The Hall–Kier alpha value is -3.60. The predicted molar refractivity (Wildman–Crippen MR) is 131 cm³/mol. The van der Waals surface area contributed by atoms with E-state index in [9.17, 15) is 22.8 Å². The van der Waals surface area contributed by atoms with E-state index in [1.54, 1.807) is 58.0 Å².